The lowest BCUT2D eigenvalue weighted by molar-refractivity contribution is -0.144. The second-order valence-electron chi connectivity index (χ2n) is 14.7. The summed E-state index contributed by atoms with van der Waals surface area (Å²) in [5, 5.41) is 16.3. The molecule has 2 aliphatic heterocycles. The summed E-state index contributed by atoms with van der Waals surface area (Å²) in [7, 11) is 0. The van der Waals surface area contributed by atoms with Crippen LogP contribution in [0.1, 0.15) is 78.5 Å². The van der Waals surface area contributed by atoms with Gasteiger partial charge in [0.15, 0.2) is 0 Å². The van der Waals surface area contributed by atoms with Gasteiger partial charge in [0, 0.05) is 39.0 Å². The quantitative estimate of drug-likeness (QED) is 0.339. The highest BCUT2D eigenvalue weighted by Crippen LogP contribution is 2.28. The highest BCUT2D eigenvalue weighted by atomic mass is 32.1. The van der Waals surface area contributed by atoms with E-state index in [1.165, 1.54) is 4.90 Å². The van der Waals surface area contributed by atoms with Crippen molar-refractivity contribution in [3.63, 3.8) is 0 Å². The van der Waals surface area contributed by atoms with E-state index in [1.807, 2.05) is 78.2 Å². The Balaban J connectivity index is 1.27. The minimum atomic E-state index is -0.912. The van der Waals surface area contributed by atoms with Crippen LogP contribution in [-0.2, 0) is 30.4 Å². The molecule has 0 aliphatic carbocycles. The van der Waals surface area contributed by atoms with Gasteiger partial charge in [0.1, 0.15) is 17.7 Å². The number of benzene rings is 1. The van der Waals surface area contributed by atoms with E-state index in [2.05, 4.69) is 15.6 Å². The first kappa shape index (κ1) is 37.3. The van der Waals surface area contributed by atoms with Crippen LogP contribution in [-0.4, -0.2) is 99.8 Å². The Bertz CT molecular complexity index is 1420. The molecule has 48 heavy (non-hydrogen) atoms. The van der Waals surface area contributed by atoms with Gasteiger partial charge in [-0.2, -0.15) is 0 Å². The summed E-state index contributed by atoms with van der Waals surface area (Å²) >= 11 is 1.58. The Morgan fingerprint density at radius 2 is 1.73 bits per heavy atom. The summed E-state index contributed by atoms with van der Waals surface area (Å²) in [6.07, 6.45) is 0.189. The number of nitrogens with one attached hydrogen (secondary N) is 2. The lowest BCUT2D eigenvalue weighted by atomic mass is 9.85. The van der Waals surface area contributed by atoms with Gasteiger partial charge in [-0.1, -0.05) is 45.0 Å². The van der Waals surface area contributed by atoms with Crippen LogP contribution in [0, 0.1) is 12.3 Å². The van der Waals surface area contributed by atoms with E-state index in [4.69, 9.17) is 9.47 Å². The zero-order valence-electron chi connectivity index (χ0n) is 29.2. The van der Waals surface area contributed by atoms with Crippen molar-refractivity contribution < 1.29 is 33.8 Å². The lowest BCUT2D eigenvalue weighted by Crippen LogP contribution is -2.57. The molecule has 1 aromatic heterocycles. The van der Waals surface area contributed by atoms with Gasteiger partial charge in [-0.15, -0.1) is 11.3 Å². The fourth-order valence-corrected chi connectivity index (χ4v) is 6.67. The number of nitrogens with zero attached hydrogens (tertiary/aromatic N) is 3. The average molecular weight is 686 g/mol. The fourth-order valence-electron chi connectivity index (χ4n) is 5.86. The maximum Gasteiger partial charge on any atom is 0.410 e. The molecule has 3 heterocycles. The van der Waals surface area contributed by atoms with Crippen LogP contribution in [0.3, 0.4) is 0 Å². The number of likely N-dealkylation sites (tertiary alicyclic amines) is 2. The molecular formula is C35H51N5O7S. The van der Waals surface area contributed by atoms with E-state index < -0.39 is 35.1 Å². The topological polar surface area (TPSA) is 150 Å². The number of thiazole rings is 1. The molecule has 0 bridgehead atoms. The van der Waals surface area contributed by atoms with Crippen LogP contribution in [0.25, 0.3) is 10.4 Å². The first-order valence-electron chi connectivity index (χ1n) is 16.7. The predicted octanol–water partition coefficient (Wildman–Crippen LogP) is 4.03. The number of piperidine rings is 1. The van der Waals surface area contributed by atoms with E-state index in [1.54, 1.807) is 16.2 Å². The molecule has 0 spiro atoms. The molecule has 3 atom stereocenters. The third-order valence-corrected chi connectivity index (χ3v) is 9.47. The standard InChI is InChI=1S/C35H51N5O7S/c1-22-29(48-21-37-22)24-10-8-23(9-11-24)19-36-31(43)27-18-25(41)20-40(27)32(44)30(34(2,3)4)38-28(42)14-17-46-26-12-15-39(16-13-26)33(45)47-35(5,6)7/h8-11,21,25-27,30,41H,12-20H2,1-7H3,(H,36,43)(H,38,42)/t25-,27+,30-/m1/s1. The van der Waals surface area contributed by atoms with E-state index >= 15 is 0 Å². The van der Waals surface area contributed by atoms with Gasteiger partial charge in [-0.3, -0.25) is 14.4 Å². The van der Waals surface area contributed by atoms with Crippen LogP contribution in [0.4, 0.5) is 4.79 Å². The molecule has 2 aliphatic rings. The monoisotopic (exact) mass is 685 g/mol. The first-order chi connectivity index (χ1) is 22.5. The molecular weight excluding hydrogens is 634 g/mol. The largest absolute Gasteiger partial charge is 0.444 e. The van der Waals surface area contributed by atoms with Crippen LogP contribution in [0.15, 0.2) is 29.8 Å². The average Bonchev–Trinajstić information content (AvgIpc) is 3.62. The normalized spacial score (nSPS) is 19.6. The minimum absolute atomic E-state index is 0.00731. The Hall–Kier alpha value is -3.55. The van der Waals surface area contributed by atoms with Crippen molar-refractivity contribution >= 4 is 35.2 Å². The molecule has 0 unspecified atom stereocenters. The second-order valence-corrected chi connectivity index (χ2v) is 15.6. The van der Waals surface area contributed by atoms with Gasteiger partial charge in [0.05, 0.1) is 34.9 Å². The van der Waals surface area contributed by atoms with Crippen molar-refractivity contribution in [2.75, 3.05) is 26.2 Å². The van der Waals surface area contributed by atoms with Gasteiger partial charge >= 0.3 is 6.09 Å². The number of β-amino-alcohol motifs (C(OH)–C–C–N with tert-alkyl or cyclic N) is 1. The number of hydrogen-bond donors (Lipinski definition) is 3. The lowest BCUT2D eigenvalue weighted by Gasteiger charge is -2.35. The number of ether oxygens (including phenoxy) is 2. The number of carbonyl (C=O) groups is 4. The maximum absolute atomic E-state index is 13.9. The van der Waals surface area contributed by atoms with E-state index in [-0.39, 0.29) is 56.5 Å². The Morgan fingerprint density at radius 1 is 1.06 bits per heavy atom. The maximum atomic E-state index is 13.9. The highest BCUT2D eigenvalue weighted by Gasteiger charge is 2.44. The van der Waals surface area contributed by atoms with Crippen LogP contribution in [0.2, 0.25) is 0 Å². The summed E-state index contributed by atoms with van der Waals surface area (Å²) in [6.45, 7) is 14.5. The molecule has 264 valence electrons. The smallest absolute Gasteiger partial charge is 0.410 e. The summed E-state index contributed by atoms with van der Waals surface area (Å²) in [6, 6.07) is 6.11. The number of aliphatic hydroxyl groups is 1. The van der Waals surface area contributed by atoms with Crippen LogP contribution in [0.5, 0.6) is 0 Å². The summed E-state index contributed by atoms with van der Waals surface area (Å²) in [5.74, 6) is -1.10. The molecule has 12 nitrogen and oxygen atoms in total. The van der Waals surface area contributed by atoms with Crippen molar-refractivity contribution in [1.29, 1.82) is 0 Å². The predicted molar refractivity (Wildman–Crippen MR) is 183 cm³/mol. The summed E-state index contributed by atoms with van der Waals surface area (Å²) in [4.78, 5) is 61.0. The first-order valence-corrected chi connectivity index (χ1v) is 17.5. The zero-order valence-corrected chi connectivity index (χ0v) is 30.0. The van der Waals surface area contributed by atoms with E-state index in [0.717, 1.165) is 21.7 Å². The summed E-state index contributed by atoms with van der Waals surface area (Å²) < 4.78 is 11.4. The zero-order chi connectivity index (χ0) is 35.2. The molecule has 2 aromatic rings. The number of carbonyl (C=O) groups excluding carboxylic acids is 4. The van der Waals surface area contributed by atoms with Crippen molar-refractivity contribution in [2.24, 2.45) is 5.41 Å². The Labute approximate surface area is 287 Å². The number of rotatable bonds is 10. The molecule has 2 saturated heterocycles. The SMILES string of the molecule is Cc1ncsc1-c1ccc(CNC(=O)[C@@H]2C[C@@H](O)CN2C(=O)[C@@H](NC(=O)CCOC2CCN(C(=O)OC(C)(C)C)CC2)C(C)(C)C)cc1. The Morgan fingerprint density at radius 3 is 2.31 bits per heavy atom. The van der Waals surface area contributed by atoms with Crippen molar-refractivity contribution in [3.05, 3.63) is 41.0 Å². The number of aliphatic hydroxyl groups excluding tert-OH is 1. The number of aryl methyl sites for hydroxylation is 1. The second kappa shape index (κ2) is 15.8. The van der Waals surface area contributed by atoms with Gasteiger partial charge < -0.3 is 35.0 Å². The van der Waals surface area contributed by atoms with Crippen molar-refractivity contribution in [1.82, 2.24) is 25.4 Å². The van der Waals surface area contributed by atoms with Crippen molar-refractivity contribution in [2.45, 2.75) is 111 Å². The number of aromatic nitrogens is 1. The van der Waals surface area contributed by atoms with Gasteiger partial charge in [0.2, 0.25) is 17.7 Å². The highest BCUT2D eigenvalue weighted by molar-refractivity contribution is 7.13. The van der Waals surface area contributed by atoms with E-state index in [0.29, 0.717) is 25.9 Å². The minimum Gasteiger partial charge on any atom is -0.444 e. The molecule has 0 saturated carbocycles. The third-order valence-electron chi connectivity index (χ3n) is 8.49. The van der Waals surface area contributed by atoms with Crippen LogP contribution < -0.4 is 10.6 Å². The molecule has 4 amide bonds. The third kappa shape index (κ3) is 10.2. The fraction of sp³-hybridized carbons (Fsp3) is 0.629. The van der Waals surface area contributed by atoms with Gasteiger partial charge in [-0.25, -0.2) is 9.78 Å². The summed E-state index contributed by atoms with van der Waals surface area (Å²) in [5.41, 5.74) is 3.53. The molecule has 0 radical (unpaired) electrons. The molecule has 13 heteroatoms. The van der Waals surface area contributed by atoms with E-state index in [9.17, 15) is 24.3 Å². The van der Waals surface area contributed by atoms with Crippen LogP contribution >= 0.6 is 11.3 Å². The van der Waals surface area contributed by atoms with Gasteiger partial charge in [0.25, 0.3) is 0 Å². The molecule has 1 aromatic carbocycles. The number of amides is 4. The van der Waals surface area contributed by atoms with Gasteiger partial charge in [-0.05, 0) is 57.1 Å². The molecule has 3 N–H and O–H groups in total. The number of hydrogen-bond acceptors (Lipinski definition) is 9. The Kier molecular flexibility index (Phi) is 12.2. The van der Waals surface area contributed by atoms with Crippen molar-refractivity contribution in [3.8, 4) is 10.4 Å². The molecule has 4 rings (SSSR count). The molecule has 2 fully saturated rings.